The van der Waals surface area contributed by atoms with E-state index in [1.165, 1.54) is 6.07 Å². The first-order valence-corrected chi connectivity index (χ1v) is 9.60. The third-order valence-corrected chi connectivity index (χ3v) is 5.12. The number of nitrogens with zero attached hydrogens (tertiary/aromatic N) is 3. The van der Waals surface area contributed by atoms with E-state index in [2.05, 4.69) is 25.9 Å². The summed E-state index contributed by atoms with van der Waals surface area (Å²) >= 11 is 0. The molecule has 1 aromatic heterocycles. The summed E-state index contributed by atoms with van der Waals surface area (Å²) in [5.41, 5.74) is 2.33. The van der Waals surface area contributed by atoms with E-state index in [4.69, 9.17) is 0 Å². The first kappa shape index (κ1) is 20.1. The summed E-state index contributed by atoms with van der Waals surface area (Å²) in [7, 11) is 0. The molecule has 0 fully saturated rings. The molecule has 0 aliphatic carbocycles. The Morgan fingerprint density at radius 1 is 1.36 bits per heavy atom. The predicted molar refractivity (Wildman–Crippen MR) is 103 cm³/mol. The van der Waals surface area contributed by atoms with Crippen molar-refractivity contribution in [3.63, 3.8) is 0 Å². The van der Waals surface area contributed by atoms with Gasteiger partial charge in [-0.1, -0.05) is 37.3 Å². The number of hydrogen-bond acceptors (Lipinski definition) is 5. The third-order valence-electron chi connectivity index (χ3n) is 5.12. The average molecular weight is 387 g/mol. The monoisotopic (exact) mass is 387 g/mol. The maximum Gasteiger partial charge on any atom is 0.307 e. The Hall–Kier alpha value is -2.61. The number of aromatic nitrogens is 4. The SMILES string of the molecule is CC(C)C[C@H](C(=O)O)[C@H](Cc1ccc(C2=CCNCC2)c(F)c1)c1nn[nH]n1. The normalized spacial score (nSPS) is 16.6. The van der Waals surface area contributed by atoms with Gasteiger partial charge in [-0.25, -0.2) is 4.39 Å². The van der Waals surface area contributed by atoms with Crippen LogP contribution in [0, 0.1) is 17.7 Å². The predicted octanol–water partition coefficient (Wildman–Crippen LogP) is 2.79. The number of halogens is 1. The molecule has 8 heteroatoms. The number of H-pyrrole nitrogens is 1. The van der Waals surface area contributed by atoms with Gasteiger partial charge in [0.05, 0.1) is 5.92 Å². The van der Waals surface area contributed by atoms with Crippen LogP contribution in [0.25, 0.3) is 5.57 Å². The maximum absolute atomic E-state index is 14.8. The van der Waals surface area contributed by atoms with E-state index in [0.29, 0.717) is 24.2 Å². The summed E-state index contributed by atoms with van der Waals surface area (Å²) in [6.07, 6.45) is 3.61. The molecule has 2 heterocycles. The number of tetrazole rings is 1. The van der Waals surface area contributed by atoms with Crippen molar-refractivity contribution in [1.82, 2.24) is 25.9 Å². The Kier molecular flexibility index (Phi) is 6.51. The van der Waals surface area contributed by atoms with Crippen LogP contribution >= 0.6 is 0 Å². The molecule has 0 unspecified atom stereocenters. The summed E-state index contributed by atoms with van der Waals surface area (Å²) in [5.74, 6) is -1.80. The summed E-state index contributed by atoms with van der Waals surface area (Å²) < 4.78 is 14.8. The van der Waals surface area contributed by atoms with Crippen LogP contribution in [-0.2, 0) is 11.2 Å². The lowest BCUT2D eigenvalue weighted by Gasteiger charge is -2.23. The molecule has 1 aromatic carbocycles. The summed E-state index contributed by atoms with van der Waals surface area (Å²) in [6, 6.07) is 5.15. The molecule has 28 heavy (non-hydrogen) atoms. The number of hydrogen-bond donors (Lipinski definition) is 3. The number of nitrogens with one attached hydrogen (secondary N) is 2. The van der Waals surface area contributed by atoms with Gasteiger partial charge in [0.15, 0.2) is 5.82 Å². The Balaban J connectivity index is 1.87. The highest BCUT2D eigenvalue weighted by molar-refractivity contribution is 5.71. The van der Waals surface area contributed by atoms with E-state index in [1.54, 1.807) is 6.07 Å². The molecule has 150 valence electrons. The lowest BCUT2D eigenvalue weighted by atomic mass is 9.81. The lowest BCUT2D eigenvalue weighted by Crippen LogP contribution is -2.26. The van der Waals surface area contributed by atoms with Crippen LogP contribution < -0.4 is 5.32 Å². The molecule has 7 nitrogen and oxygen atoms in total. The minimum absolute atomic E-state index is 0.196. The molecule has 1 aliphatic heterocycles. The van der Waals surface area contributed by atoms with Gasteiger partial charge < -0.3 is 10.4 Å². The Morgan fingerprint density at radius 2 is 2.18 bits per heavy atom. The van der Waals surface area contributed by atoms with Crippen molar-refractivity contribution in [2.75, 3.05) is 13.1 Å². The Morgan fingerprint density at radius 3 is 2.75 bits per heavy atom. The van der Waals surface area contributed by atoms with E-state index in [0.717, 1.165) is 30.6 Å². The second kappa shape index (κ2) is 9.05. The minimum Gasteiger partial charge on any atom is -0.481 e. The fourth-order valence-electron chi connectivity index (χ4n) is 3.75. The number of aromatic amines is 1. The van der Waals surface area contributed by atoms with E-state index >= 15 is 0 Å². The number of carbonyl (C=O) groups is 1. The number of rotatable bonds is 8. The van der Waals surface area contributed by atoms with Crippen LogP contribution in [0.4, 0.5) is 4.39 Å². The summed E-state index contributed by atoms with van der Waals surface area (Å²) in [5, 5.41) is 27.0. The van der Waals surface area contributed by atoms with Gasteiger partial charge in [-0.15, -0.1) is 10.2 Å². The van der Waals surface area contributed by atoms with Gasteiger partial charge in [0.1, 0.15) is 5.82 Å². The number of aliphatic carboxylic acids is 1. The molecule has 0 saturated heterocycles. The first-order chi connectivity index (χ1) is 13.5. The van der Waals surface area contributed by atoms with Gasteiger partial charge >= 0.3 is 5.97 Å². The zero-order valence-electron chi connectivity index (χ0n) is 16.2. The molecule has 0 saturated carbocycles. The second-order valence-electron chi connectivity index (χ2n) is 7.65. The maximum atomic E-state index is 14.8. The van der Waals surface area contributed by atoms with Gasteiger partial charge in [-0.2, -0.15) is 5.21 Å². The first-order valence-electron chi connectivity index (χ1n) is 9.60. The van der Waals surface area contributed by atoms with Gasteiger partial charge in [-0.05, 0) is 48.9 Å². The van der Waals surface area contributed by atoms with E-state index in [9.17, 15) is 14.3 Å². The molecule has 2 atom stereocenters. The highest BCUT2D eigenvalue weighted by atomic mass is 19.1. The molecule has 1 aliphatic rings. The summed E-state index contributed by atoms with van der Waals surface area (Å²) in [6.45, 7) is 5.53. The zero-order valence-corrected chi connectivity index (χ0v) is 16.2. The smallest absolute Gasteiger partial charge is 0.307 e. The van der Waals surface area contributed by atoms with Crippen molar-refractivity contribution in [3.05, 3.63) is 47.0 Å². The van der Waals surface area contributed by atoms with Crippen molar-refractivity contribution in [2.24, 2.45) is 11.8 Å². The Bertz CT molecular complexity index is 835. The van der Waals surface area contributed by atoms with Crippen LogP contribution in [0.5, 0.6) is 0 Å². The van der Waals surface area contributed by atoms with Crippen molar-refractivity contribution in [3.8, 4) is 0 Å². The number of carboxylic acids is 1. The molecule has 0 spiro atoms. The Labute approximate surface area is 163 Å². The number of carboxylic acid groups (broad SMARTS) is 1. The number of benzene rings is 1. The van der Waals surface area contributed by atoms with Crippen LogP contribution in [-0.4, -0.2) is 44.8 Å². The van der Waals surface area contributed by atoms with Crippen molar-refractivity contribution in [2.45, 2.75) is 39.0 Å². The van der Waals surface area contributed by atoms with E-state index in [-0.39, 0.29) is 11.7 Å². The molecular weight excluding hydrogens is 361 g/mol. The fraction of sp³-hybridized carbons (Fsp3) is 0.500. The topological polar surface area (TPSA) is 104 Å². The average Bonchev–Trinajstić information content (AvgIpc) is 3.19. The van der Waals surface area contributed by atoms with Crippen LogP contribution in [0.15, 0.2) is 24.3 Å². The molecule has 0 amide bonds. The highest BCUT2D eigenvalue weighted by Gasteiger charge is 2.33. The lowest BCUT2D eigenvalue weighted by molar-refractivity contribution is -0.143. The van der Waals surface area contributed by atoms with Crippen molar-refractivity contribution in [1.29, 1.82) is 0 Å². The summed E-state index contributed by atoms with van der Waals surface area (Å²) in [4.78, 5) is 11.9. The van der Waals surface area contributed by atoms with Gasteiger partial charge in [-0.3, -0.25) is 4.79 Å². The third kappa shape index (κ3) is 4.81. The minimum atomic E-state index is -0.902. The highest BCUT2D eigenvalue weighted by Crippen LogP contribution is 2.32. The molecule has 0 bridgehead atoms. The largest absolute Gasteiger partial charge is 0.481 e. The fourth-order valence-corrected chi connectivity index (χ4v) is 3.75. The van der Waals surface area contributed by atoms with Gasteiger partial charge in [0.2, 0.25) is 0 Å². The zero-order chi connectivity index (χ0) is 20.1. The van der Waals surface area contributed by atoms with Crippen LogP contribution in [0.1, 0.15) is 49.6 Å². The quantitative estimate of drug-likeness (QED) is 0.643. The molecule has 3 rings (SSSR count). The molecule has 2 aromatic rings. The van der Waals surface area contributed by atoms with Crippen molar-refractivity contribution >= 4 is 11.5 Å². The van der Waals surface area contributed by atoms with Gasteiger partial charge in [0.25, 0.3) is 0 Å². The van der Waals surface area contributed by atoms with Crippen molar-refractivity contribution < 1.29 is 14.3 Å². The molecule has 0 radical (unpaired) electrons. The van der Waals surface area contributed by atoms with Crippen LogP contribution in [0.2, 0.25) is 0 Å². The van der Waals surface area contributed by atoms with E-state index in [1.807, 2.05) is 26.0 Å². The molecule has 3 N–H and O–H groups in total. The second-order valence-corrected chi connectivity index (χ2v) is 7.65. The van der Waals surface area contributed by atoms with Gasteiger partial charge in [0, 0.05) is 18.0 Å². The van der Waals surface area contributed by atoms with E-state index < -0.39 is 17.8 Å². The van der Waals surface area contributed by atoms with Crippen LogP contribution in [0.3, 0.4) is 0 Å². The molecular formula is C20H26FN5O2. The standard InChI is InChI=1S/C20H26FN5O2/c1-12(2)9-17(20(27)28)16(19-23-25-26-24-19)10-13-3-4-15(18(21)11-13)14-5-7-22-8-6-14/h3-5,11-12,16-17,22H,6-10H2,1-2H3,(H,27,28)(H,23,24,25,26)/t16-,17-/m0/s1.